The molecule has 0 saturated heterocycles. The van der Waals surface area contributed by atoms with Gasteiger partial charge in [0.15, 0.2) is 0 Å². The summed E-state index contributed by atoms with van der Waals surface area (Å²) in [4.78, 5) is 0. The van der Waals surface area contributed by atoms with Gasteiger partial charge in [0.2, 0.25) is 0 Å². The van der Waals surface area contributed by atoms with Crippen molar-refractivity contribution in [3.05, 3.63) is 0 Å². The third-order valence-electron chi connectivity index (χ3n) is 1.25. The Bertz CT molecular complexity index is 77.4. The molecule has 9 heavy (non-hydrogen) atoms. The first-order valence-corrected chi connectivity index (χ1v) is 7.98. The molecular formula is C5H13O2Si2. The van der Waals surface area contributed by atoms with E-state index in [1.54, 1.807) is 0 Å². The largest absolute Gasteiger partial charge is 0.396 e. The number of rotatable bonds is 5. The zero-order valence-electron chi connectivity index (χ0n) is 5.76. The van der Waals surface area contributed by atoms with Crippen molar-refractivity contribution in [2.24, 2.45) is 0 Å². The van der Waals surface area contributed by atoms with E-state index in [-0.39, 0.29) is 15.5 Å². The van der Waals surface area contributed by atoms with Gasteiger partial charge in [-0.05, 0) is 6.42 Å². The summed E-state index contributed by atoms with van der Waals surface area (Å²) in [5, 5.41) is 8.39. The molecule has 53 valence electrons. The molecule has 2 nitrogen and oxygen atoms in total. The molecule has 0 aromatic heterocycles. The van der Waals surface area contributed by atoms with Crippen LogP contribution in [0, 0.1) is 0 Å². The van der Waals surface area contributed by atoms with Crippen LogP contribution in [0.5, 0.6) is 0 Å². The highest BCUT2D eigenvalue weighted by Crippen LogP contribution is 1.97. The summed E-state index contributed by atoms with van der Waals surface area (Å²) in [5.74, 6) is 0. The van der Waals surface area contributed by atoms with E-state index >= 15 is 0 Å². The second-order valence-electron chi connectivity index (χ2n) is 2.24. The van der Waals surface area contributed by atoms with Crippen molar-refractivity contribution in [2.75, 3.05) is 6.61 Å². The molecule has 0 aromatic rings. The summed E-state index contributed by atoms with van der Waals surface area (Å²) in [6.07, 6.45) is 1.93. The van der Waals surface area contributed by atoms with Crippen LogP contribution in [0.4, 0.5) is 0 Å². The predicted octanol–water partition coefficient (Wildman–Crippen LogP) is 0.162. The van der Waals surface area contributed by atoms with Crippen LogP contribution in [0.15, 0.2) is 0 Å². The Morgan fingerprint density at radius 1 is 1.56 bits per heavy atom. The topological polar surface area (TPSA) is 37.3 Å². The van der Waals surface area contributed by atoms with Gasteiger partial charge in [-0.1, -0.05) is 19.0 Å². The van der Waals surface area contributed by atoms with Gasteiger partial charge in [-0.15, -0.1) is 0 Å². The molecule has 0 amide bonds. The van der Waals surface area contributed by atoms with Gasteiger partial charge >= 0.3 is 0 Å². The second-order valence-corrected chi connectivity index (χ2v) is 8.52. The van der Waals surface area contributed by atoms with Gasteiger partial charge in [-0.3, -0.25) is 0 Å². The van der Waals surface area contributed by atoms with Crippen molar-refractivity contribution in [3.63, 3.8) is 0 Å². The number of hydrogen-bond donors (Lipinski definition) is 1. The number of aliphatic hydroxyl groups is 1. The Balaban J connectivity index is 2.96. The minimum atomic E-state index is -0.852. The van der Waals surface area contributed by atoms with Gasteiger partial charge in [0, 0.05) is 6.61 Å². The summed E-state index contributed by atoms with van der Waals surface area (Å²) >= 11 is 0. The summed E-state index contributed by atoms with van der Waals surface area (Å²) in [5.41, 5.74) is 0. The molecule has 0 fully saturated rings. The normalized spacial score (nSPS) is 13.1. The monoisotopic (exact) mass is 161 g/mol. The SMILES string of the molecule is C[SiH](CCCCO)[Si]=O. The van der Waals surface area contributed by atoms with Crippen LogP contribution in [0.2, 0.25) is 12.6 Å². The van der Waals surface area contributed by atoms with E-state index < -0.39 is 8.31 Å². The predicted molar refractivity (Wildman–Crippen MR) is 40.6 cm³/mol. The molecule has 1 atom stereocenters. The first-order chi connectivity index (χ1) is 4.31. The fourth-order valence-electron chi connectivity index (χ4n) is 0.621. The average Bonchev–Trinajstić information content (AvgIpc) is 1.89. The molecule has 0 rings (SSSR count). The summed E-state index contributed by atoms with van der Waals surface area (Å²) in [7, 11) is -0.902. The van der Waals surface area contributed by atoms with E-state index in [4.69, 9.17) is 5.11 Å². The lowest BCUT2D eigenvalue weighted by Crippen LogP contribution is -2.09. The molecule has 0 aromatic carbocycles. The second kappa shape index (κ2) is 6.32. The number of hydrogen-bond acceptors (Lipinski definition) is 2. The summed E-state index contributed by atoms with van der Waals surface area (Å²) < 4.78 is 10.3. The lowest BCUT2D eigenvalue weighted by atomic mass is 10.4. The standard InChI is InChI=1S/C5H13O2Si2/c1-9(8-7)5-3-2-4-6/h6,9H,2-5H2,1H3. The van der Waals surface area contributed by atoms with Crippen LogP contribution in [0.1, 0.15) is 12.8 Å². The van der Waals surface area contributed by atoms with E-state index in [1.165, 1.54) is 0 Å². The minimum absolute atomic E-state index is 0.0499. The maximum Gasteiger partial charge on any atom is 0.297 e. The van der Waals surface area contributed by atoms with Crippen molar-refractivity contribution in [1.82, 2.24) is 0 Å². The lowest BCUT2D eigenvalue weighted by molar-refractivity contribution is 0.287. The van der Waals surface area contributed by atoms with Crippen molar-refractivity contribution in [2.45, 2.75) is 25.4 Å². The summed E-state index contributed by atoms with van der Waals surface area (Å²) in [6, 6.07) is 1.11. The molecule has 1 unspecified atom stereocenters. The maximum atomic E-state index is 10.3. The molecule has 0 saturated carbocycles. The van der Waals surface area contributed by atoms with Crippen LogP contribution in [0.25, 0.3) is 0 Å². The fourth-order valence-corrected chi connectivity index (χ4v) is 2.61. The molecular weight excluding hydrogens is 148 g/mol. The van der Waals surface area contributed by atoms with E-state index in [1.807, 2.05) is 0 Å². The molecule has 0 spiro atoms. The Morgan fingerprint density at radius 3 is 2.67 bits per heavy atom. The van der Waals surface area contributed by atoms with Crippen molar-refractivity contribution in [1.29, 1.82) is 0 Å². The smallest absolute Gasteiger partial charge is 0.297 e. The third-order valence-corrected chi connectivity index (χ3v) is 5.00. The highest BCUT2D eigenvalue weighted by molar-refractivity contribution is 7.05. The molecule has 0 aliphatic heterocycles. The third kappa shape index (κ3) is 6.07. The van der Waals surface area contributed by atoms with Gasteiger partial charge in [-0.2, -0.15) is 0 Å². The molecule has 1 N–H and O–H groups in total. The molecule has 1 radical (unpaired) electrons. The molecule has 0 aliphatic rings. The molecule has 0 heterocycles. The Labute approximate surface area is 59.6 Å². The average molecular weight is 161 g/mol. The van der Waals surface area contributed by atoms with Crippen LogP contribution in [-0.4, -0.2) is 29.0 Å². The van der Waals surface area contributed by atoms with Crippen molar-refractivity contribution >= 4 is 17.2 Å². The van der Waals surface area contributed by atoms with E-state index in [2.05, 4.69) is 6.55 Å². The quantitative estimate of drug-likeness (QED) is 0.461. The Kier molecular flexibility index (Phi) is 6.45. The highest BCUT2D eigenvalue weighted by Gasteiger charge is 2.01. The number of aliphatic hydroxyl groups excluding tert-OH is 1. The first kappa shape index (κ1) is 9.19. The van der Waals surface area contributed by atoms with E-state index in [0.29, 0.717) is 0 Å². The minimum Gasteiger partial charge on any atom is -0.396 e. The number of unbranched alkanes of at least 4 members (excludes halogenated alkanes) is 1. The lowest BCUT2D eigenvalue weighted by Gasteiger charge is -1.96. The van der Waals surface area contributed by atoms with Crippen LogP contribution >= 0.6 is 0 Å². The Hall–Kier alpha value is 0.194. The zero-order valence-corrected chi connectivity index (χ0v) is 7.92. The van der Waals surface area contributed by atoms with Crippen LogP contribution in [0.3, 0.4) is 0 Å². The highest BCUT2D eigenvalue weighted by atomic mass is 29.2. The van der Waals surface area contributed by atoms with Crippen LogP contribution in [-0.2, 0) is 4.46 Å². The maximum absolute atomic E-state index is 10.3. The van der Waals surface area contributed by atoms with Gasteiger partial charge < -0.3 is 9.57 Å². The van der Waals surface area contributed by atoms with Gasteiger partial charge in [-0.25, -0.2) is 0 Å². The zero-order chi connectivity index (χ0) is 7.11. The Morgan fingerprint density at radius 2 is 2.22 bits per heavy atom. The molecule has 4 heteroatoms. The summed E-state index contributed by atoms with van der Waals surface area (Å²) in [6.45, 7) is 2.38. The first-order valence-electron chi connectivity index (χ1n) is 3.29. The van der Waals surface area contributed by atoms with E-state index in [9.17, 15) is 4.46 Å². The van der Waals surface area contributed by atoms with Crippen molar-refractivity contribution < 1.29 is 9.57 Å². The fraction of sp³-hybridized carbons (Fsp3) is 1.00. The van der Waals surface area contributed by atoms with Gasteiger partial charge in [0.25, 0.3) is 8.92 Å². The van der Waals surface area contributed by atoms with E-state index in [0.717, 1.165) is 18.9 Å². The van der Waals surface area contributed by atoms with Crippen molar-refractivity contribution in [3.8, 4) is 0 Å². The van der Waals surface area contributed by atoms with Crippen LogP contribution < -0.4 is 0 Å². The van der Waals surface area contributed by atoms with Gasteiger partial charge in [0.1, 0.15) is 0 Å². The molecule has 0 aliphatic carbocycles. The van der Waals surface area contributed by atoms with Gasteiger partial charge in [0.05, 0.1) is 8.31 Å². The molecule has 0 bridgehead atoms.